The normalized spacial score (nSPS) is 27.3. The molecule has 2 unspecified atom stereocenters. The van der Waals surface area contributed by atoms with E-state index in [-0.39, 0.29) is 13.1 Å². The molecule has 1 saturated heterocycles. The summed E-state index contributed by atoms with van der Waals surface area (Å²) >= 11 is 0. The van der Waals surface area contributed by atoms with Crippen molar-refractivity contribution in [1.82, 2.24) is 4.90 Å². The minimum absolute atomic E-state index is 0.258. The Morgan fingerprint density at radius 1 is 1.32 bits per heavy atom. The third kappa shape index (κ3) is 2.61. The number of carbonyl (C=O) groups is 2. The van der Waals surface area contributed by atoms with Crippen molar-refractivity contribution < 1.29 is 19.8 Å². The lowest BCUT2D eigenvalue weighted by Gasteiger charge is -2.22. The van der Waals surface area contributed by atoms with E-state index in [1.54, 1.807) is 0 Å². The first kappa shape index (κ1) is 13.5. The Bertz CT molecular complexity index is 487. The number of hydrogen-bond acceptors (Lipinski definition) is 3. The molecular formula is C14H17NO4. The van der Waals surface area contributed by atoms with E-state index in [1.165, 1.54) is 6.92 Å². The number of nitrogens with zero attached hydrogens (tertiary/aromatic N) is 1. The molecule has 102 valence electrons. The average molecular weight is 263 g/mol. The van der Waals surface area contributed by atoms with Gasteiger partial charge in [0.25, 0.3) is 0 Å². The van der Waals surface area contributed by atoms with E-state index in [0.717, 1.165) is 5.56 Å². The molecule has 0 aliphatic carbocycles. The fourth-order valence-corrected chi connectivity index (χ4v) is 2.63. The molecule has 5 heteroatoms. The summed E-state index contributed by atoms with van der Waals surface area (Å²) in [4.78, 5) is 24.5. The van der Waals surface area contributed by atoms with Crippen molar-refractivity contribution in [3.05, 3.63) is 35.9 Å². The summed E-state index contributed by atoms with van der Waals surface area (Å²) in [5, 5.41) is 18.5. The second kappa shape index (κ2) is 5.01. The van der Waals surface area contributed by atoms with Crippen molar-refractivity contribution in [3.8, 4) is 0 Å². The third-order valence-electron chi connectivity index (χ3n) is 3.80. The van der Waals surface area contributed by atoms with Crippen molar-refractivity contribution in [3.63, 3.8) is 0 Å². The maximum absolute atomic E-state index is 11.3. The van der Waals surface area contributed by atoms with Crippen molar-refractivity contribution in [2.45, 2.75) is 13.5 Å². The summed E-state index contributed by atoms with van der Waals surface area (Å²) in [7, 11) is 0. The summed E-state index contributed by atoms with van der Waals surface area (Å²) in [5.41, 5.74) is -0.165. The minimum atomic E-state index is -1.22. The lowest BCUT2D eigenvalue weighted by Crippen LogP contribution is -2.39. The van der Waals surface area contributed by atoms with E-state index in [2.05, 4.69) is 0 Å². The number of rotatable bonds is 4. The van der Waals surface area contributed by atoms with Gasteiger partial charge in [-0.15, -0.1) is 0 Å². The maximum Gasteiger partial charge on any atom is 0.311 e. The van der Waals surface area contributed by atoms with E-state index in [1.807, 2.05) is 35.2 Å². The van der Waals surface area contributed by atoms with Gasteiger partial charge in [0, 0.05) is 19.6 Å². The van der Waals surface area contributed by atoms with Gasteiger partial charge in [0.1, 0.15) is 0 Å². The van der Waals surface area contributed by atoms with E-state index < -0.39 is 23.3 Å². The van der Waals surface area contributed by atoms with Gasteiger partial charge in [-0.3, -0.25) is 14.5 Å². The van der Waals surface area contributed by atoms with Crippen LogP contribution in [0.4, 0.5) is 0 Å². The van der Waals surface area contributed by atoms with Gasteiger partial charge in [0.2, 0.25) is 0 Å². The first-order valence-electron chi connectivity index (χ1n) is 6.16. The predicted octanol–water partition coefficient (Wildman–Crippen LogP) is 1.29. The number of carboxylic acid groups (broad SMARTS) is 2. The van der Waals surface area contributed by atoms with Gasteiger partial charge < -0.3 is 10.2 Å². The zero-order chi connectivity index (χ0) is 14.0. The largest absolute Gasteiger partial charge is 0.481 e. The highest BCUT2D eigenvalue weighted by Gasteiger charge is 2.52. The summed E-state index contributed by atoms with van der Waals surface area (Å²) in [6.07, 6.45) is 0. The van der Waals surface area contributed by atoms with Crippen LogP contribution in [0.3, 0.4) is 0 Å². The Labute approximate surface area is 111 Å². The Morgan fingerprint density at radius 3 is 2.42 bits per heavy atom. The van der Waals surface area contributed by atoms with E-state index in [9.17, 15) is 19.8 Å². The number of aliphatic carboxylic acids is 2. The van der Waals surface area contributed by atoms with Crippen LogP contribution in [-0.4, -0.2) is 40.1 Å². The molecule has 1 aromatic rings. The van der Waals surface area contributed by atoms with Crippen molar-refractivity contribution in [1.29, 1.82) is 0 Å². The van der Waals surface area contributed by atoms with Crippen LogP contribution >= 0.6 is 0 Å². The molecule has 0 radical (unpaired) electrons. The van der Waals surface area contributed by atoms with Gasteiger partial charge in [-0.1, -0.05) is 30.3 Å². The molecule has 2 rings (SSSR count). The molecule has 2 N–H and O–H groups in total. The summed E-state index contributed by atoms with van der Waals surface area (Å²) < 4.78 is 0. The quantitative estimate of drug-likeness (QED) is 0.856. The highest BCUT2D eigenvalue weighted by atomic mass is 16.4. The Balaban J connectivity index is 2.15. The smallest absolute Gasteiger partial charge is 0.311 e. The van der Waals surface area contributed by atoms with Crippen LogP contribution in [-0.2, 0) is 16.1 Å². The van der Waals surface area contributed by atoms with Gasteiger partial charge in [-0.05, 0) is 12.5 Å². The number of hydrogen-bond donors (Lipinski definition) is 2. The number of carboxylic acids is 2. The zero-order valence-electron chi connectivity index (χ0n) is 10.7. The van der Waals surface area contributed by atoms with Gasteiger partial charge >= 0.3 is 11.9 Å². The van der Waals surface area contributed by atoms with Crippen LogP contribution in [0.5, 0.6) is 0 Å². The van der Waals surface area contributed by atoms with Gasteiger partial charge in [0.05, 0.1) is 11.3 Å². The third-order valence-corrected chi connectivity index (χ3v) is 3.80. The molecular weight excluding hydrogens is 246 g/mol. The lowest BCUT2D eigenvalue weighted by atomic mass is 9.80. The second-order valence-electron chi connectivity index (χ2n) is 5.27. The van der Waals surface area contributed by atoms with Crippen molar-refractivity contribution >= 4 is 11.9 Å². The summed E-state index contributed by atoms with van der Waals surface area (Å²) in [5.74, 6) is -2.95. The molecule has 2 atom stereocenters. The average Bonchev–Trinajstić information content (AvgIpc) is 2.69. The highest BCUT2D eigenvalue weighted by Crippen LogP contribution is 2.36. The maximum atomic E-state index is 11.3. The monoisotopic (exact) mass is 263 g/mol. The van der Waals surface area contributed by atoms with Crippen LogP contribution in [0.25, 0.3) is 0 Å². The van der Waals surface area contributed by atoms with E-state index in [0.29, 0.717) is 6.54 Å². The van der Waals surface area contributed by atoms with Gasteiger partial charge in [0.15, 0.2) is 0 Å². The molecule has 1 aromatic carbocycles. The molecule has 0 bridgehead atoms. The predicted molar refractivity (Wildman–Crippen MR) is 68.6 cm³/mol. The lowest BCUT2D eigenvalue weighted by molar-refractivity contribution is -0.158. The molecule has 1 fully saturated rings. The Kier molecular flexibility index (Phi) is 3.57. The SMILES string of the molecule is CC1(C(=O)O)CN(Cc2ccccc2)CC1C(=O)O. The van der Waals surface area contributed by atoms with E-state index >= 15 is 0 Å². The second-order valence-corrected chi connectivity index (χ2v) is 5.27. The molecule has 5 nitrogen and oxygen atoms in total. The van der Waals surface area contributed by atoms with Gasteiger partial charge in [-0.2, -0.15) is 0 Å². The number of likely N-dealkylation sites (tertiary alicyclic amines) is 1. The highest BCUT2D eigenvalue weighted by molar-refractivity contribution is 5.84. The fourth-order valence-electron chi connectivity index (χ4n) is 2.63. The zero-order valence-corrected chi connectivity index (χ0v) is 10.7. The molecule has 0 saturated carbocycles. The topological polar surface area (TPSA) is 77.8 Å². The molecule has 0 aromatic heterocycles. The van der Waals surface area contributed by atoms with Crippen LogP contribution < -0.4 is 0 Å². The Hall–Kier alpha value is -1.88. The molecule has 0 amide bonds. The summed E-state index contributed by atoms with van der Waals surface area (Å²) in [6, 6.07) is 9.64. The van der Waals surface area contributed by atoms with Crippen LogP contribution in [0.15, 0.2) is 30.3 Å². The van der Waals surface area contributed by atoms with Crippen molar-refractivity contribution in [2.75, 3.05) is 13.1 Å². The van der Waals surface area contributed by atoms with Crippen LogP contribution in [0.1, 0.15) is 12.5 Å². The van der Waals surface area contributed by atoms with E-state index in [4.69, 9.17) is 0 Å². The standard InChI is InChI=1S/C14H17NO4/c1-14(13(18)19)9-15(8-11(14)12(16)17)7-10-5-3-2-4-6-10/h2-6,11H,7-9H2,1H3,(H,16,17)(H,18,19). The first-order chi connectivity index (χ1) is 8.93. The van der Waals surface area contributed by atoms with Crippen LogP contribution in [0.2, 0.25) is 0 Å². The van der Waals surface area contributed by atoms with Crippen LogP contribution in [0, 0.1) is 11.3 Å². The number of benzene rings is 1. The molecule has 19 heavy (non-hydrogen) atoms. The molecule has 1 aliphatic heterocycles. The van der Waals surface area contributed by atoms with Gasteiger partial charge in [-0.25, -0.2) is 0 Å². The molecule has 0 spiro atoms. The first-order valence-corrected chi connectivity index (χ1v) is 6.16. The molecule has 1 heterocycles. The Morgan fingerprint density at radius 2 is 1.95 bits per heavy atom. The minimum Gasteiger partial charge on any atom is -0.481 e. The van der Waals surface area contributed by atoms with Crippen molar-refractivity contribution in [2.24, 2.45) is 11.3 Å². The molecule has 1 aliphatic rings. The fraction of sp³-hybridized carbons (Fsp3) is 0.429. The summed E-state index contributed by atoms with van der Waals surface area (Å²) in [6.45, 7) is 2.62.